The first-order chi connectivity index (χ1) is 15.5. The molecule has 8 heteroatoms. The van der Waals surface area contributed by atoms with Crippen molar-refractivity contribution in [1.29, 1.82) is 0 Å². The first-order valence-corrected chi connectivity index (χ1v) is 13.1. The van der Waals surface area contributed by atoms with E-state index in [0.29, 0.717) is 12.5 Å². The second-order valence-electron chi connectivity index (χ2n) is 8.04. The predicted molar refractivity (Wildman–Crippen MR) is 130 cm³/mol. The molecule has 2 aromatic heterocycles. The molecule has 2 aromatic carbocycles. The fraction of sp³-hybridized carbons (Fsp3) is 0.250. The number of hydrogen-bond acceptors (Lipinski definition) is 6. The van der Waals surface area contributed by atoms with Gasteiger partial charge in [0, 0.05) is 23.4 Å². The van der Waals surface area contributed by atoms with E-state index in [0.717, 1.165) is 57.0 Å². The van der Waals surface area contributed by atoms with Crippen molar-refractivity contribution in [1.82, 2.24) is 14.7 Å². The zero-order valence-corrected chi connectivity index (χ0v) is 19.3. The van der Waals surface area contributed by atoms with Gasteiger partial charge in [0.05, 0.1) is 11.1 Å². The van der Waals surface area contributed by atoms with Crippen LogP contribution in [-0.2, 0) is 22.3 Å². The molecule has 0 saturated heterocycles. The molecule has 164 valence electrons. The van der Waals surface area contributed by atoms with Crippen LogP contribution in [0, 0.1) is 0 Å². The molecule has 0 aliphatic heterocycles. The number of fused-ring (bicyclic) bond motifs is 1. The first-order valence-electron chi connectivity index (χ1n) is 10.6. The van der Waals surface area contributed by atoms with E-state index >= 15 is 0 Å². The predicted octanol–water partition coefficient (Wildman–Crippen LogP) is 4.90. The van der Waals surface area contributed by atoms with E-state index in [-0.39, 0.29) is 5.75 Å². The summed E-state index contributed by atoms with van der Waals surface area (Å²) in [5.74, 6) is 2.17. The number of hydrogen-bond donors (Lipinski definition) is 2. The molecule has 1 saturated carbocycles. The Morgan fingerprint density at radius 2 is 1.81 bits per heavy atom. The van der Waals surface area contributed by atoms with Crippen molar-refractivity contribution in [3.8, 4) is 11.1 Å². The third kappa shape index (κ3) is 4.53. The lowest BCUT2D eigenvalue weighted by Crippen LogP contribution is -2.20. The molecule has 0 spiro atoms. The van der Waals surface area contributed by atoms with Crippen molar-refractivity contribution in [3.63, 3.8) is 0 Å². The van der Waals surface area contributed by atoms with E-state index in [1.54, 1.807) is 11.3 Å². The lowest BCUT2D eigenvalue weighted by Gasteiger charge is -2.12. The van der Waals surface area contributed by atoms with Gasteiger partial charge in [-0.05, 0) is 36.6 Å². The van der Waals surface area contributed by atoms with Crippen LogP contribution in [0.2, 0.25) is 0 Å². The van der Waals surface area contributed by atoms with Crippen LogP contribution in [0.1, 0.15) is 35.7 Å². The maximum Gasteiger partial charge on any atom is 0.215 e. The maximum absolute atomic E-state index is 11.9. The molecule has 4 aromatic rings. The Balaban J connectivity index is 1.48. The minimum Gasteiger partial charge on any atom is -0.365 e. The molecule has 1 aliphatic rings. The smallest absolute Gasteiger partial charge is 0.215 e. The first kappa shape index (κ1) is 21.1. The van der Waals surface area contributed by atoms with Gasteiger partial charge in [-0.15, -0.1) is 11.3 Å². The number of rotatable bonds is 8. The van der Waals surface area contributed by atoms with Crippen molar-refractivity contribution >= 4 is 37.4 Å². The molecule has 5 rings (SSSR count). The lowest BCUT2D eigenvalue weighted by atomic mass is 10.1. The molecule has 0 bridgehead atoms. The van der Waals surface area contributed by atoms with Gasteiger partial charge in [-0.3, -0.25) is 0 Å². The number of aromatic nitrogens is 2. The van der Waals surface area contributed by atoms with E-state index in [9.17, 15) is 8.42 Å². The van der Waals surface area contributed by atoms with Crippen molar-refractivity contribution in [2.24, 2.45) is 0 Å². The molecule has 2 N–H and O–H groups in total. The van der Waals surface area contributed by atoms with E-state index < -0.39 is 10.0 Å². The molecule has 0 atom stereocenters. The molecule has 1 aliphatic carbocycles. The normalized spacial score (nSPS) is 14.0. The Kier molecular flexibility index (Phi) is 5.67. The Labute approximate surface area is 191 Å². The van der Waals surface area contributed by atoms with Crippen LogP contribution >= 0.6 is 11.3 Å². The zero-order chi connectivity index (χ0) is 22.1. The molecule has 2 heterocycles. The Hall–Kier alpha value is -2.81. The topological polar surface area (TPSA) is 84.0 Å². The van der Waals surface area contributed by atoms with Gasteiger partial charge in [-0.1, -0.05) is 54.6 Å². The number of nitrogens with zero attached hydrogens (tertiary/aromatic N) is 2. The Morgan fingerprint density at radius 3 is 2.56 bits per heavy atom. The van der Waals surface area contributed by atoms with Gasteiger partial charge < -0.3 is 5.32 Å². The summed E-state index contributed by atoms with van der Waals surface area (Å²) in [5, 5.41) is 6.71. The molecule has 0 unspecified atom stereocenters. The Bertz CT molecular complexity index is 1360. The highest BCUT2D eigenvalue weighted by Gasteiger charge is 2.28. The SMILES string of the molecule is CNS(=O)(=O)Cc1cccc(CNc2nc(C3CC3)nc3scc(-c4ccccc4)c23)c1. The second kappa shape index (κ2) is 8.61. The quantitative estimate of drug-likeness (QED) is 0.388. The van der Waals surface area contributed by atoms with E-state index in [1.165, 1.54) is 7.05 Å². The van der Waals surface area contributed by atoms with Gasteiger partial charge in [-0.25, -0.2) is 23.1 Å². The van der Waals surface area contributed by atoms with Gasteiger partial charge in [0.15, 0.2) is 0 Å². The third-order valence-electron chi connectivity index (χ3n) is 5.60. The van der Waals surface area contributed by atoms with Crippen molar-refractivity contribution < 1.29 is 8.42 Å². The van der Waals surface area contributed by atoms with Crippen LogP contribution in [0.5, 0.6) is 0 Å². The molecule has 0 amide bonds. The number of nitrogens with one attached hydrogen (secondary N) is 2. The van der Waals surface area contributed by atoms with Gasteiger partial charge in [0.1, 0.15) is 16.5 Å². The van der Waals surface area contributed by atoms with Crippen molar-refractivity contribution in [2.45, 2.75) is 31.1 Å². The average Bonchev–Trinajstić information content (AvgIpc) is 3.57. The molecule has 1 fully saturated rings. The minimum absolute atomic E-state index is 0.0381. The van der Waals surface area contributed by atoms with Gasteiger partial charge >= 0.3 is 0 Å². The average molecular weight is 465 g/mol. The van der Waals surface area contributed by atoms with E-state index in [4.69, 9.17) is 9.97 Å². The number of benzene rings is 2. The number of thiophene rings is 1. The molecular weight excluding hydrogens is 440 g/mol. The lowest BCUT2D eigenvalue weighted by molar-refractivity contribution is 0.587. The summed E-state index contributed by atoms with van der Waals surface area (Å²) >= 11 is 1.65. The monoisotopic (exact) mass is 464 g/mol. The number of anilines is 1. The highest BCUT2D eigenvalue weighted by molar-refractivity contribution is 7.88. The maximum atomic E-state index is 11.9. The standard InChI is InChI=1S/C24H24N4O2S2/c1-25-32(29,30)15-17-7-5-6-16(12-17)13-26-23-21-20(18-8-3-2-4-9-18)14-31-24(21)28-22(27-23)19-10-11-19/h2-9,12,14,19,25H,10-11,13,15H2,1H3,(H,26,27,28). The zero-order valence-electron chi connectivity index (χ0n) is 17.7. The summed E-state index contributed by atoms with van der Waals surface area (Å²) in [6.45, 7) is 0.549. The molecule has 0 radical (unpaired) electrons. The third-order valence-corrected chi connectivity index (χ3v) is 7.80. The van der Waals surface area contributed by atoms with Crippen LogP contribution in [0.3, 0.4) is 0 Å². The fourth-order valence-corrected chi connectivity index (χ4v) is 5.46. The molecular formula is C24H24N4O2S2. The number of sulfonamides is 1. The van der Waals surface area contributed by atoms with Gasteiger partial charge in [0.2, 0.25) is 10.0 Å². The van der Waals surface area contributed by atoms with Crippen LogP contribution in [0.4, 0.5) is 5.82 Å². The summed E-state index contributed by atoms with van der Waals surface area (Å²) < 4.78 is 26.2. The van der Waals surface area contributed by atoms with Crippen LogP contribution in [0.15, 0.2) is 60.0 Å². The molecule has 6 nitrogen and oxygen atoms in total. The minimum atomic E-state index is -3.31. The molecule has 32 heavy (non-hydrogen) atoms. The largest absolute Gasteiger partial charge is 0.365 e. The summed E-state index contributed by atoms with van der Waals surface area (Å²) in [5.41, 5.74) is 4.03. The van der Waals surface area contributed by atoms with Crippen LogP contribution in [-0.4, -0.2) is 25.4 Å². The van der Waals surface area contributed by atoms with Gasteiger partial charge in [0.25, 0.3) is 0 Å². The van der Waals surface area contributed by atoms with Crippen molar-refractivity contribution in [3.05, 3.63) is 76.9 Å². The summed E-state index contributed by atoms with van der Waals surface area (Å²) in [7, 11) is -1.88. The van der Waals surface area contributed by atoms with E-state index in [1.807, 2.05) is 42.5 Å². The fourth-order valence-electron chi connectivity index (χ4n) is 3.75. The second-order valence-corrected chi connectivity index (χ2v) is 10.8. The van der Waals surface area contributed by atoms with Crippen LogP contribution in [0.25, 0.3) is 21.3 Å². The summed E-state index contributed by atoms with van der Waals surface area (Å²) in [6, 6.07) is 17.9. The van der Waals surface area contributed by atoms with Gasteiger partial charge in [-0.2, -0.15) is 0 Å². The van der Waals surface area contributed by atoms with Crippen LogP contribution < -0.4 is 10.0 Å². The summed E-state index contributed by atoms with van der Waals surface area (Å²) in [4.78, 5) is 10.8. The van der Waals surface area contributed by atoms with E-state index in [2.05, 4.69) is 27.6 Å². The Morgan fingerprint density at radius 1 is 1.03 bits per heavy atom. The van der Waals surface area contributed by atoms with Crippen molar-refractivity contribution in [2.75, 3.05) is 12.4 Å². The highest BCUT2D eigenvalue weighted by atomic mass is 32.2. The highest BCUT2D eigenvalue weighted by Crippen LogP contribution is 2.42. The summed E-state index contributed by atoms with van der Waals surface area (Å²) in [6.07, 6.45) is 2.29.